The van der Waals surface area contributed by atoms with Gasteiger partial charge in [0.25, 0.3) is 5.91 Å². The Kier molecular flexibility index (Phi) is 5.19. The van der Waals surface area contributed by atoms with Gasteiger partial charge < -0.3 is 20.4 Å². The van der Waals surface area contributed by atoms with Gasteiger partial charge in [-0.1, -0.05) is 0 Å². The van der Waals surface area contributed by atoms with Crippen molar-refractivity contribution in [3.63, 3.8) is 0 Å². The number of piperidine rings is 1. The van der Waals surface area contributed by atoms with Crippen LogP contribution in [0.3, 0.4) is 0 Å². The Balaban J connectivity index is 1.63. The van der Waals surface area contributed by atoms with Crippen molar-refractivity contribution in [2.24, 2.45) is 5.92 Å². The summed E-state index contributed by atoms with van der Waals surface area (Å²) in [5, 5.41) is 9.14. The highest BCUT2D eigenvalue weighted by molar-refractivity contribution is 6.03. The Bertz CT molecular complexity index is 755. The second kappa shape index (κ2) is 7.53. The third kappa shape index (κ3) is 4.28. The summed E-state index contributed by atoms with van der Waals surface area (Å²) in [6.45, 7) is 4.86. The number of amides is 2. The normalized spacial score (nSPS) is 20.1. The van der Waals surface area contributed by atoms with E-state index < -0.39 is 0 Å². The van der Waals surface area contributed by atoms with Crippen LogP contribution in [0, 0.1) is 12.8 Å². The summed E-state index contributed by atoms with van der Waals surface area (Å²) in [5.41, 5.74) is 2.30. The zero-order chi connectivity index (χ0) is 17.8. The van der Waals surface area contributed by atoms with Gasteiger partial charge in [0.1, 0.15) is 0 Å². The number of anilines is 2. The highest BCUT2D eigenvalue weighted by Gasteiger charge is 2.24. The van der Waals surface area contributed by atoms with E-state index in [0.717, 1.165) is 30.6 Å². The molecule has 0 spiro atoms. The number of furan rings is 1. The van der Waals surface area contributed by atoms with Crippen LogP contribution in [0.5, 0.6) is 0 Å². The zero-order valence-corrected chi connectivity index (χ0v) is 14.5. The molecule has 6 nitrogen and oxygen atoms in total. The smallest absolute Gasteiger partial charge is 0.291 e. The van der Waals surface area contributed by atoms with Crippen molar-refractivity contribution in [1.82, 2.24) is 5.32 Å². The number of rotatable bonds is 4. The van der Waals surface area contributed by atoms with Crippen LogP contribution < -0.4 is 16.0 Å². The van der Waals surface area contributed by atoms with Gasteiger partial charge in [-0.25, -0.2) is 0 Å². The molecular weight excluding hydrogens is 318 g/mol. The number of hydrogen-bond acceptors (Lipinski definition) is 4. The minimum absolute atomic E-state index is 0.0369. The lowest BCUT2D eigenvalue weighted by molar-refractivity contribution is -0.120. The number of nitrogens with one attached hydrogen (secondary N) is 3. The van der Waals surface area contributed by atoms with Crippen LogP contribution in [0.1, 0.15) is 35.9 Å². The zero-order valence-electron chi connectivity index (χ0n) is 14.5. The SMILES string of the molecule is Cc1cc(NC(=O)[C@H]2CCN[C@@H](C)C2)ccc1NC(=O)c1ccco1. The molecule has 1 saturated heterocycles. The molecule has 0 radical (unpaired) electrons. The first kappa shape index (κ1) is 17.2. The molecule has 2 aromatic rings. The van der Waals surface area contributed by atoms with Gasteiger partial charge in [0.15, 0.2) is 5.76 Å². The van der Waals surface area contributed by atoms with Crippen LogP contribution in [0.15, 0.2) is 41.0 Å². The average Bonchev–Trinajstić information content (AvgIpc) is 3.12. The maximum atomic E-state index is 12.4. The van der Waals surface area contributed by atoms with E-state index in [1.165, 1.54) is 6.26 Å². The summed E-state index contributed by atoms with van der Waals surface area (Å²) in [7, 11) is 0. The molecule has 3 N–H and O–H groups in total. The van der Waals surface area contributed by atoms with E-state index in [2.05, 4.69) is 22.9 Å². The fraction of sp³-hybridized carbons (Fsp3) is 0.368. The Hall–Kier alpha value is -2.60. The first-order chi connectivity index (χ1) is 12.0. The Labute approximate surface area is 147 Å². The third-order valence-corrected chi connectivity index (χ3v) is 4.48. The lowest BCUT2D eigenvalue weighted by Gasteiger charge is -2.27. The van der Waals surface area contributed by atoms with Gasteiger partial charge in [-0.2, -0.15) is 0 Å². The molecule has 0 saturated carbocycles. The first-order valence-electron chi connectivity index (χ1n) is 8.52. The number of benzene rings is 1. The molecule has 25 heavy (non-hydrogen) atoms. The van der Waals surface area contributed by atoms with Gasteiger partial charge >= 0.3 is 0 Å². The lowest BCUT2D eigenvalue weighted by atomic mass is 9.92. The van der Waals surface area contributed by atoms with Crippen molar-refractivity contribution >= 4 is 23.2 Å². The predicted molar refractivity (Wildman–Crippen MR) is 96.7 cm³/mol. The maximum Gasteiger partial charge on any atom is 0.291 e. The molecule has 0 unspecified atom stereocenters. The van der Waals surface area contributed by atoms with Crippen molar-refractivity contribution in [1.29, 1.82) is 0 Å². The van der Waals surface area contributed by atoms with E-state index in [0.29, 0.717) is 11.7 Å². The van der Waals surface area contributed by atoms with E-state index >= 15 is 0 Å². The average molecular weight is 341 g/mol. The highest BCUT2D eigenvalue weighted by Crippen LogP contribution is 2.23. The van der Waals surface area contributed by atoms with Crippen molar-refractivity contribution < 1.29 is 14.0 Å². The van der Waals surface area contributed by atoms with Crippen molar-refractivity contribution in [2.75, 3.05) is 17.2 Å². The molecular formula is C19H23N3O3. The largest absolute Gasteiger partial charge is 0.459 e. The van der Waals surface area contributed by atoms with E-state index in [1.54, 1.807) is 24.3 Å². The summed E-state index contributed by atoms with van der Waals surface area (Å²) in [5.74, 6) is 0.0559. The maximum absolute atomic E-state index is 12.4. The van der Waals surface area contributed by atoms with E-state index in [9.17, 15) is 9.59 Å². The van der Waals surface area contributed by atoms with Crippen molar-refractivity contribution in [2.45, 2.75) is 32.7 Å². The van der Waals surface area contributed by atoms with E-state index in [4.69, 9.17) is 4.42 Å². The highest BCUT2D eigenvalue weighted by atomic mass is 16.3. The monoisotopic (exact) mass is 341 g/mol. The third-order valence-electron chi connectivity index (χ3n) is 4.48. The molecule has 0 bridgehead atoms. The molecule has 2 amide bonds. The fourth-order valence-corrected chi connectivity index (χ4v) is 3.09. The lowest BCUT2D eigenvalue weighted by Crippen LogP contribution is -2.40. The molecule has 1 aromatic carbocycles. The van der Waals surface area contributed by atoms with E-state index in [1.807, 2.05) is 13.0 Å². The molecule has 3 rings (SSSR count). The first-order valence-corrected chi connectivity index (χ1v) is 8.52. The summed E-state index contributed by atoms with van der Waals surface area (Å²) < 4.78 is 5.09. The fourth-order valence-electron chi connectivity index (χ4n) is 3.09. The molecule has 1 fully saturated rings. The number of aryl methyl sites for hydroxylation is 1. The molecule has 1 aromatic heterocycles. The number of carbonyl (C=O) groups excluding carboxylic acids is 2. The number of hydrogen-bond donors (Lipinski definition) is 3. The van der Waals surface area contributed by atoms with Gasteiger partial charge in [0.2, 0.25) is 5.91 Å². The minimum atomic E-state index is -0.298. The Morgan fingerprint density at radius 2 is 2.08 bits per heavy atom. The van der Waals surface area contributed by atoms with Gasteiger partial charge in [0.05, 0.1) is 6.26 Å². The Morgan fingerprint density at radius 1 is 1.24 bits per heavy atom. The van der Waals surface area contributed by atoms with Gasteiger partial charge in [-0.3, -0.25) is 9.59 Å². The van der Waals surface area contributed by atoms with Gasteiger partial charge in [-0.05, 0) is 69.1 Å². The topological polar surface area (TPSA) is 83.4 Å². The van der Waals surface area contributed by atoms with Crippen LogP contribution in [0.4, 0.5) is 11.4 Å². The van der Waals surface area contributed by atoms with Gasteiger partial charge in [0, 0.05) is 23.3 Å². The minimum Gasteiger partial charge on any atom is -0.459 e. The molecule has 0 aliphatic carbocycles. The predicted octanol–water partition coefficient (Wildman–Crippen LogP) is 3.17. The molecule has 1 aliphatic heterocycles. The second-order valence-electron chi connectivity index (χ2n) is 6.53. The summed E-state index contributed by atoms with van der Waals surface area (Å²) in [6, 6.07) is 9.09. The Morgan fingerprint density at radius 3 is 2.76 bits per heavy atom. The van der Waals surface area contributed by atoms with E-state index in [-0.39, 0.29) is 23.5 Å². The van der Waals surface area contributed by atoms with Gasteiger partial charge in [-0.15, -0.1) is 0 Å². The molecule has 6 heteroatoms. The van der Waals surface area contributed by atoms with Crippen LogP contribution in [-0.2, 0) is 4.79 Å². The molecule has 2 heterocycles. The second-order valence-corrected chi connectivity index (χ2v) is 6.53. The standard InChI is InChI=1S/C19H23N3O3/c1-12-10-15(21-18(23)14-7-8-20-13(2)11-14)5-6-16(12)22-19(24)17-4-3-9-25-17/h3-6,9-10,13-14,20H,7-8,11H2,1-2H3,(H,21,23)(H,22,24)/t13-,14-/m0/s1. The van der Waals surface area contributed by atoms with Crippen LogP contribution in [0.2, 0.25) is 0 Å². The molecule has 1 aliphatic rings. The van der Waals surface area contributed by atoms with Crippen LogP contribution >= 0.6 is 0 Å². The molecule has 2 atom stereocenters. The quantitative estimate of drug-likeness (QED) is 0.798. The van der Waals surface area contributed by atoms with Crippen LogP contribution in [0.25, 0.3) is 0 Å². The van der Waals surface area contributed by atoms with Crippen LogP contribution in [-0.4, -0.2) is 24.4 Å². The summed E-state index contributed by atoms with van der Waals surface area (Å²) in [4.78, 5) is 24.5. The van der Waals surface area contributed by atoms with Crippen molar-refractivity contribution in [3.05, 3.63) is 47.9 Å². The summed E-state index contributed by atoms with van der Waals surface area (Å²) in [6.07, 6.45) is 3.16. The molecule has 132 valence electrons. The number of carbonyl (C=O) groups is 2. The van der Waals surface area contributed by atoms with Crippen molar-refractivity contribution in [3.8, 4) is 0 Å². The summed E-state index contributed by atoms with van der Waals surface area (Å²) >= 11 is 0.